The molecule has 4 rings (SSSR count). The number of ether oxygens (including phenoxy) is 1. The Kier molecular flexibility index (Phi) is 5.81. The van der Waals surface area contributed by atoms with Gasteiger partial charge in [-0.15, -0.1) is 0 Å². The maximum Gasteiger partial charge on any atom is 0.270 e. The van der Waals surface area contributed by atoms with Gasteiger partial charge in [0.25, 0.3) is 5.91 Å². The molecule has 3 heterocycles. The van der Waals surface area contributed by atoms with Crippen LogP contribution in [0.4, 0.5) is 0 Å². The lowest BCUT2D eigenvalue weighted by Gasteiger charge is -2.39. The summed E-state index contributed by atoms with van der Waals surface area (Å²) in [6, 6.07) is 12.2. The van der Waals surface area contributed by atoms with Crippen LogP contribution < -0.4 is 4.74 Å². The number of benzene rings is 1. The first kappa shape index (κ1) is 19.5. The highest BCUT2D eigenvalue weighted by atomic mass is 16.5. The van der Waals surface area contributed by atoms with E-state index in [1.54, 1.807) is 7.11 Å². The molecule has 1 N–H and O–H groups in total. The Morgan fingerprint density at radius 2 is 2.10 bits per heavy atom. The second-order valence-corrected chi connectivity index (χ2v) is 7.60. The van der Waals surface area contributed by atoms with Gasteiger partial charge in [-0.25, -0.2) is 0 Å². The van der Waals surface area contributed by atoms with Gasteiger partial charge in [0.2, 0.25) is 0 Å². The minimum absolute atomic E-state index is 0.0739. The Morgan fingerprint density at radius 1 is 1.28 bits per heavy atom. The number of fused-ring (bicyclic) bond motifs is 1. The zero-order valence-electron chi connectivity index (χ0n) is 17.1. The maximum absolute atomic E-state index is 13.2. The molecular formula is C23H28N4O2. The second kappa shape index (κ2) is 8.66. The van der Waals surface area contributed by atoms with Gasteiger partial charge in [0.05, 0.1) is 7.11 Å². The fourth-order valence-electron chi connectivity index (χ4n) is 4.18. The molecule has 0 unspecified atom stereocenters. The number of carbonyl (C=O) groups is 1. The van der Waals surface area contributed by atoms with E-state index in [-0.39, 0.29) is 5.91 Å². The summed E-state index contributed by atoms with van der Waals surface area (Å²) < 4.78 is 5.29. The van der Waals surface area contributed by atoms with Crippen LogP contribution in [0.25, 0.3) is 10.9 Å². The van der Waals surface area contributed by atoms with Crippen molar-refractivity contribution in [3.63, 3.8) is 0 Å². The van der Waals surface area contributed by atoms with E-state index in [0.717, 1.165) is 55.7 Å². The van der Waals surface area contributed by atoms with Crippen LogP contribution in [0.3, 0.4) is 0 Å². The first-order valence-corrected chi connectivity index (χ1v) is 10.3. The number of aromatic nitrogens is 2. The van der Waals surface area contributed by atoms with Gasteiger partial charge in [0.15, 0.2) is 0 Å². The monoisotopic (exact) mass is 392 g/mol. The summed E-state index contributed by atoms with van der Waals surface area (Å²) in [6.07, 6.45) is 5.82. The van der Waals surface area contributed by atoms with Gasteiger partial charge in [0.1, 0.15) is 11.4 Å². The van der Waals surface area contributed by atoms with Crippen LogP contribution in [0, 0.1) is 0 Å². The van der Waals surface area contributed by atoms with Crippen LogP contribution in [-0.4, -0.2) is 58.5 Å². The quantitative estimate of drug-likeness (QED) is 0.695. The van der Waals surface area contributed by atoms with Crippen molar-refractivity contribution >= 4 is 16.8 Å². The summed E-state index contributed by atoms with van der Waals surface area (Å²) in [7, 11) is 1.65. The van der Waals surface area contributed by atoms with E-state index in [4.69, 9.17) is 4.74 Å². The van der Waals surface area contributed by atoms with E-state index in [9.17, 15) is 4.79 Å². The molecule has 152 valence electrons. The van der Waals surface area contributed by atoms with Crippen LogP contribution in [0.2, 0.25) is 0 Å². The number of likely N-dealkylation sites (N-methyl/N-ethyl adjacent to an activating group) is 1. The molecule has 1 aromatic carbocycles. The normalized spacial score (nSPS) is 17.1. The molecule has 0 aliphatic carbocycles. The lowest BCUT2D eigenvalue weighted by molar-refractivity contribution is 0.0565. The van der Waals surface area contributed by atoms with Crippen LogP contribution in [0.15, 0.2) is 48.8 Å². The minimum atomic E-state index is 0.0739. The maximum atomic E-state index is 13.2. The Balaban J connectivity index is 1.47. The number of nitrogens with zero attached hydrogens (tertiary/aromatic N) is 3. The SMILES string of the molecule is CCN(Cc1ccncc1)[C@@H]1CCCN(C(=O)c2cc3cc(OC)ccc3[nH]2)C1. The van der Waals surface area contributed by atoms with Gasteiger partial charge in [-0.2, -0.15) is 0 Å². The van der Waals surface area contributed by atoms with Gasteiger partial charge in [-0.3, -0.25) is 14.7 Å². The summed E-state index contributed by atoms with van der Waals surface area (Å²) >= 11 is 0. The van der Waals surface area contributed by atoms with Gasteiger partial charge in [0, 0.05) is 49.0 Å². The number of likely N-dealkylation sites (tertiary alicyclic amines) is 1. The van der Waals surface area contributed by atoms with Crippen LogP contribution in [-0.2, 0) is 6.54 Å². The molecule has 29 heavy (non-hydrogen) atoms. The molecular weight excluding hydrogens is 364 g/mol. The molecule has 0 bridgehead atoms. The standard InChI is InChI=1S/C23H28N4O2/c1-3-26(15-17-8-10-24-11-9-17)19-5-4-12-27(16-19)23(28)22-14-18-13-20(29-2)6-7-21(18)25-22/h6-11,13-14,19,25H,3-5,12,15-16H2,1-2H3/t19-/m1/s1. The number of methoxy groups -OCH3 is 1. The second-order valence-electron chi connectivity index (χ2n) is 7.60. The van der Waals surface area contributed by atoms with Gasteiger partial charge in [-0.05, 0) is 61.3 Å². The van der Waals surface area contributed by atoms with Crippen LogP contribution in [0.1, 0.15) is 35.8 Å². The van der Waals surface area contributed by atoms with E-state index < -0.39 is 0 Å². The topological polar surface area (TPSA) is 61.5 Å². The number of hydrogen-bond donors (Lipinski definition) is 1. The van der Waals surface area contributed by atoms with E-state index in [1.807, 2.05) is 41.6 Å². The molecule has 0 saturated carbocycles. The molecule has 1 fully saturated rings. The molecule has 1 saturated heterocycles. The Bertz CT molecular complexity index is 969. The first-order valence-electron chi connectivity index (χ1n) is 10.3. The van der Waals surface area contributed by atoms with Crippen molar-refractivity contribution < 1.29 is 9.53 Å². The minimum Gasteiger partial charge on any atom is -0.497 e. The number of amides is 1. The average Bonchev–Trinajstić information content (AvgIpc) is 3.21. The molecule has 0 spiro atoms. The highest BCUT2D eigenvalue weighted by Gasteiger charge is 2.28. The third-order valence-corrected chi connectivity index (χ3v) is 5.80. The van der Waals surface area contributed by atoms with Crippen LogP contribution >= 0.6 is 0 Å². The molecule has 3 aromatic rings. The highest BCUT2D eigenvalue weighted by Crippen LogP contribution is 2.24. The first-order chi connectivity index (χ1) is 14.2. The zero-order chi connectivity index (χ0) is 20.2. The predicted molar refractivity (Wildman–Crippen MR) is 114 cm³/mol. The van der Waals surface area contributed by atoms with Crippen molar-refractivity contribution in [2.75, 3.05) is 26.7 Å². The number of carbonyl (C=O) groups excluding carboxylic acids is 1. The largest absolute Gasteiger partial charge is 0.497 e. The lowest BCUT2D eigenvalue weighted by Crippen LogP contribution is -2.49. The van der Waals surface area contributed by atoms with Gasteiger partial charge < -0.3 is 14.6 Å². The third-order valence-electron chi connectivity index (χ3n) is 5.80. The van der Waals surface area contributed by atoms with E-state index in [1.165, 1.54) is 5.56 Å². The van der Waals surface area contributed by atoms with Gasteiger partial charge >= 0.3 is 0 Å². The fourth-order valence-corrected chi connectivity index (χ4v) is 4.18. The smallest absolute Gasteiger partial charge is 0.270 e. The molecule has 1 amide bonds. The van der Waals surface area contributed by atoms with E-state index in [0.29, 0.717) is 11.7 Å². The number of nitrogens with one attached hydrogen (secondary N) is 1. The number of H-pyrrole nitrogens is 1. The Morgan fingerprint density at radius 3 is 2.86 bits per heavy atom. The Hall–Kier alpha value is -2.86. The number of aromatic amines is 1. The third kappa shape index (κ3) is 4.27. The molecule has 1 atom stereocenters. The molecule has 2 aromatic heterocycles. The van der Waals surface area contributed by atoms with E-state index >= 15 is 0 Å². The summed E-state index contributed by atoms with van der Waals surface area (Å²) in [5, 5.41) is 0.995. The van der Waals surface area contributed by atoms with Crippen molar-refractivity contribution in [1.82, 2.24) is 19.8 Å². The number of piperidine rings is 1. The Labute approximate surface area is 171 Å². The van der Waals surface area contributed by atoms with E-state index in [2.05, 4.69) is 33.9 Å². The van der Waals surface area contributed by atoms with Crippen molar-refractivity contribution in [1.29, 1.82) is 0 Å². The average molecular weight is 393 g/mol. The van der Waals surface area contributed by atoms with Crippen molar-refractivity contribution in [3.8, 4) is 5.75 Å². The van der Waals surface area contributed by atoms with Crippen molar-refractivity contribution in [2.45, 2.75) is 32.4 Å². The molecule has 6 heteroatoms. The summed E-state index contributed by atoms with van der Waals surface area (Å²) in [6.45, 7) is 5.60. The highest BCUT2D eigenvalue weighted by molar-refractivity contribution is 5.98. The van der Waals surface area contributed by atoms with Crippen molar-refractivity contribution in [2.24, 2.45) is 0 Å². The summed E-state index contributed by atoms with van der Waals surface area (Å²) in [5.41, 5.74) is 2.86. The van der Waals surface area contributed by atoms with Crippen LogP contribution in [0.5, 0.6) is 5.75 Å². The lowest BCUT2D eigenvalue weighted by atomic mass is 10.0. The van der Waals surface area contributed by atoms with Gasteiger partial charge in [-0.1, -0.05) is 6.92 Å². The van der Waals surface area contributed by atoms with Crippen molar-refractivity contribution in [3.05, 3.63) is 60.0 Å². The molecule has 1 aliphatic heterocycles. The fraction of sp³-hybridized carbons (Fsp3) is 0.391. The predicted octanol–water partition coefficient (Wildman–Crippen LogP) is 3.70. The summed E-state index contributed by atoms with van der Waals surface area (Å²) in [5.74, 6) is 0.869. The molecule has 0 radical (unpaired) electrons. The zero-order valence-corrected chi connectivity index (χ0v) is 17.1. The molecule has 1 aliphatic rings. The number of hydrogen-bond acceptors (Lipinski definition) is 4. The summed E-state index contributed by atoms with van der Waals surface area (Å²) in [4.78, 5) is 25.0. The number of rotatable bonds is 6. The number of pyridine rings is 1. The molecule has 6 nitrogen and oxygen atoms in total.